The lowest BCUT2D eigenvalue weighted by Crippen LogP contribution is -2.32. The van der Waals surface area contributed by atoms with Gasteiger partial charge in [-0.15, -0.1) is 0 Å². The maximum atomic E-state index is 10.2. The predicted octanol–water partition coefficient (Wildman–Crippen LogP) is 0.128. The zero-order valence-electron chi connectivity index (χ0n) is 6.42. The molecule has 1 aliphatic rings. The number of carbonyl (C=O) groups is 1. The van der Waals surface area contributed by atoms with Gasteiger partial charge in [0.05, 0.1) is 6.67 Å². The van der Waals surface area contributed by atoms with E-state index in [0.29, 0.717) is 0 Å². The van der Waals surface area contributed by atoms with Gasteiger partial charge in [-0.05, 0) is 25.9 Å². The normalized spacial score (nSPS) is 19.3. The molecule has 0 aliphatic carbocycles. The van der Waals surface area contributed by atoms with Gasteiger partial charge in [-0.25, -0.2) is 0 Å². The van der Waals surface area contributed by atoms with Gasteiger partial charge in [0.15, 0.2) is 0 Å². The smallest absolute Gasteiger partial charge is 0.210 e. The quantitative estimate of drug-likeness (QED) is 0.523. The van der Waals surface area contributed by atoms with Gasteiger partial charge in [-0.1, -0.05) is 0 Å². The minimum Gasteiger partial charge on any atom is -0.335 e. The Morgan fingerprint density at radius 3 is 2.60 bits per heavy atom. The van der Waals surface area contributed by atoms with Crippen LogP contribution < -0.4 is 0 Å². The van der Waals surface area contributed by atoms with E-state index in [1.807, 2.05) is 7.05 Å². The van der Waals surface area contributed by atoms with E-state index in [-0.39, 0.29) is 0 Å². The summed E-state index contributed by atoms with van der Waals surface area (Å²) < 4.78 is 0. The Morgan fingerprint density at radius 1 is 1.50 bits per heavy atom. The van der Waals surface area contributed by atoms with E-state index in [0.717, 1.165) is 26.2 Å². The monoisotopic (exact) mass is 142 g/mol. The van der Waals surface area contributed by atoms with E-state index in [1.165, 1.54) is 12.8 Å². The first-order valence-corrected chi connectivity index (χ1v) is 3.71. The minimum absolute atomic E-state index is 0.795. The number of hydrogen-bond donors (Lipinski definition) is 0. The highest BCUT2D eigenvalue weighted by molar-refractivity contribution is 5.45. The molecule has 1 saturated heterocycles. The van der Waals surface area contributed by atoms with Crippen molar-refractivity contribution in [2.75, 3.05) is 26.8 Å². The van der Waals surface area contributed by atoms with Crippen LogP contribution in [0.5, 0.6) is 0 Å². The van der Waals surface area contributed by atoms with E-state index in [4.69, 9.17) is 0 Å². The van der Waals surface area contributed by atoms with Crippen molar-refractivity contribution in [2.45, 2.75) is 12.8 Å². The van der Waals surface area contributed by atoms with Crippen molar-refractivity contribution in [3.8, 4) is 0 Å². The summed E-state index contributed by atoms with van der Waals surface area (Å²) in [6, 6.07) is 0. The number of likely N-dealkylation sites (tertiary alicyclic amines) is 1. The van der Waals surface area contributed by atoms with Crippen molar-refractivity contribution in [3.05, 3.63) is 0 Å². The lowest BCUT2D eigenvalue weighted by molar-refractivity contribution is -0.118. The Morgan fingerprint density at radius 2 is 2.10 bits per heavy atom. The number of rotatable bonds is 3. The molecule has 0 aromatic rings. The van der Waals surface area contributed by atoms with E-state index >= 15 is 0 Å². The first-order chi connectivity index (χ1) is 4.83. The summed E-state index contributed by atoms with van der Waals surface area (Å²) >= 11 is 0. The third kappa shape index (κ3) is 1.99. The molecule has 0 radical (unpaired) electrons. The Balaban J connectivity index is 2.17. The van der Waals surface area contributed by atoms with Crippen LogP contribution in [0, 0.1) is 0 Å². The molecule has 0 bridgehead atoms. The first-order valence-electron chi connectivity index (χ1n) is 3.71. The van der Waals surface area contributed by atoms with Crippen molar-refractivity contribution in [1.29, 1.82) is 0 Å². The third-order valence-corrected chi connectivity index (χ3v) is 1.80. The van der Waals surface area contributed by atoms with Gasteiger partial charge in [-0.2, -0.15) is 0 Å². The summed E-state index contributed by atoms with van der Waals surface area (Å²) in [5.41, 5.74) is 0. The molecule has 0 saturated carbocycles. The van der Waals surface area contributed by atoms with Gasteiger partial charge in [0.1, 0.15) is 0 Å². The number of nitrogens with zero attached hydrogens (tertiary/aromatic N) is 2. The van der Waals surface area contributed by atoms with E-state index in [9.17, 15) is 4.79 Å². The average Bonchev–Trinajstić information content (AvgIpc) is 2.40. The molecule has 0 aromatic heterocycles. The maximum Gasteiger partial charge on any atom is 0.210 e. The number of hydrogen-bond acceptors (Lipinski definition) is 2. The average molecular weight is 142 g/mol. The summed E-state index contributed by atoms with van der Waals surface area (Å²) in [6.07, 6.45) is 3.44. The second-order valence-electron chi connectivity index (χ2n) is 2.83. The molecule has 1 heterocycles. The molecule has 0 spiro atoms. The van der Waals surface area contributed by atoms with Crippen LogP contribution in [0.25, 0.3) is 0 Å². The van der Waals surface area contributed by atoms with Crippen LogP contribution in [0.15, 0.2) is 0 Å². The summed E-state index contributed by atoms with van der Waals surface area (Å²) in [4.78, 5) is 14.1. The second kappa shape index (κ2) is 3.56. The van der Waals surface area contributed by atoms with Gasteiger partial charge in [-0.3, -0.25) is 9.69 Å². The van der Waals surface area contributed by atoms with Crippen molar-refractivity contribution >= 4 is 6.41 Å². The highest BCUT2D eigenvalue weighted by Crippen LogP contribution is 2.06. The van der Waals surface area contributed by atoms with Crippen LogP contribution >= 0.6 is 0 Å². The molecule has 3 heteroatoms. The maximum absolute atomic E-state index is 10.2. The lowest BCUT2D eigenvalue weighted by Gasteiger charge is -2.19. The fourth-order valence-electron chi connectivity index (χ4n) is 1.27. The van der Waals surface area contributed by atoms with Crippen LogP contribution in [0.1, 0.15) is 12.8 Å². The third-order valence-electron chi connectivity index (χ3n) is 1.80. The molecule has 1 rings (SSSR count). The van der Waals surface area contributed by atoms with Crippen molar-refractivity contribution in [2.24, 2.45) is 0 Å². The molecule has 0 atom stereocenters. The van der Waals surface area contributed by atoms with E-state index in [2.05, 4.69) is 4.90 Å². The lowest BCUT2D eigenvalue weighted by atomic mass is 10.4. The zero-order chi connectivity index (χ0) is 7.40. The van der Waals surface area contributed by atoms with Crippen molar-refractivity contribution in [1.82, 2.24) is 9.80 Å². The van der Waals surface area contributed by atoms with Crippen LogP contribution in [-0.4, -0.2) is 43.0 Å². The van der Waals surface area contributed by atoms with Crippen molar-refractivity contribution < 1.29 is 4.79 Å². The standard InChI is InChI=1S/C7H14N2O/c1-8(7-10)6-9-4-2-3-5-9/h7H,2-6H2,1H3. The van der Waals surface area contributed by atoms with Gasteiger partial charge in [0.25, 0.3) is 0 Å². The van der Waals surface area contributed by atoms with E-state index in [1.54, 1.807) is 4.90 Å². The SMILES string of the molecule is CN(C=O)CN1CCCC1. The Hall–Kier alpha value is -0.570. The van der Waals surface area contributed by atoms with Crippen molar-refractivity contribution in [3.63, 3.8) is 0 Å². The molecule has 0 N–H and O–H groups in total. The Kier molecular flexibility index (Phi) is 2.68. The van der Waals surface area contributed by atoms with Crippen LogP contribution in [0.4, 0.5) is 0 Å². The molecular formula is C7H14N2O. The Bertz CT molecular complexity index is 110. The fourth-order valence-corrected chi connectivity index (χ4v) is 1.27. The molecule has 0 aromatic carbocycles. The van der Waals surface area contributed by atoms with Crippen LogP contribution in [-0.2, 0) is 4.79 Å². The second-order valence-corrected chi connectivity index (χ2v) is 2.83. The largest absolute Gasteiger partial charge is 0.335 e. The van der Waals surface area contributed by atoms with Crippen LogP contribution in [0.2, 0.25) is 0 Å². The molecule has 0 unspecified atom stereocenters. The molecule has 1 amide bonds. The molecule has 58 valence electrons. The minimum atomic E-state index is 0.795. The zero-order valence-corrected chi connectivity index (χ0v) is 6.42. The van der Waals surface area contributed by atoms with Gasteiger partial charge in [0, 0.05) is 7.05 Å². The molecule has 1 aliphatic heterocycles. The van der Waals surface area contributed by atoms with Crippen LogP contribution in [0.3, 0.4) is 0 Å². The number of carbonyl (C=O) groups excluding carboxylic acids is 1. The topological polar surface area (TPSA) is 23.6 Å². The molecule has 1 fully saturated rings. The van der Waals surface area contributed by atoms with Gasteiger partial charge < -0.3 is 4.90 Å². The molecule has 3 nitrogen and oxygen atoms in total. The van der Waals surface area contributed by atoms with Gasteiger partial charge in [0.2, 0.25) is 6.41 Å². The summed E-state index contributed by atoms with van der Waals surface area (Å²) in [7, 11) is 1.81. The summed E-state index contributed by atoms with van der Waals surface area (Å²) in [6.45, 7) is 3.10. The highest BCUT2D eigenvalue weighted by Gasteiger charge is 2.11. The predicted molar refractivity (Wildman–Crippen MR) is 39.5 cm³/mol. The Labute approximate surface area is 61.6 Å². The van der Waals surface area contributed by atoms with E-state index < -0.39 is 0 Å². The number of amides is 1. The first kappa shape index (κ1) is 7.54. The van der Waals surface area contributed by atoms with Gasteiger partial charge >= 0.3 is 0 Å². The summed E-state index contributed by atoms with van der Waals surface area (Å²) in [5.74, 6) is 0. The summed E-state index contributed by atoms with van der Waals surface area (Å²) in [5, 5.41) is 0. The highest BCUT2D eigenvalue weighted by atomic mass is 16.1. The fraction of sp³-hybridized carbons (Fsp3) is 0.857. The molecule has 10 heavy (non-hydrogen) atoms. The molecular weight excluding hydrogens is 128 g/mol.